The largest absolute Gasteiger partial charge is 0.503 e. The fourth-order valence-corrected chi connectivity index (χ4v) is 6.35. The first kappa shape index (κ1) is 20.8. The van der Waals surface area contributed by atoms with Crippen molar-refractivity contribution in [3.05, 3.63) is 150 Å². The minimum Gasteiger partial charge on any atom is -0.292 e. The van der Waals surface area contributed by atoms with Crippen LogP contribution in [0.1, 0.15) is 81.4 Å². The lowest BCUT2D eigenvalue weighted by atomic mass is 9.87. The van der Waals surface area contributed by atoms with Gasteiger partial charge in [-0.3, -0.25) is 9.55 Å². The molecule has 8 rings (SSSR count). The fraction of sp³-hybridized carbons (Fsp3) is 0.205. The topological polar surface area (TPSA) is 36.7 Å². The molecule has 0 bridgehead atoms. The molecular formula is C44H39F2N5+2. The van der Waals surface area contributed by atoms with Gasteiger partial charge in [0.1, 0.15) is 5.82 Å². The van der Waals surface area contributed by atoms with Crippen LogP contribution in [0.15, 0.2) is 128 Å². The molecule has 4 aromatic carbocycles. The summed E-state index contributed by atoms with van der Waals surface area (Å²) >= 11 is 0. The quantitative estimate of drug-likeness (QED) is 0.169. The Hall–Kier alpha value is -5.78. The molecule has 3 aromatic heterocycles. The number of para-hydroxylation sites is 2. The summed E-state index contributed by atoms with van der Waals surface area (Å²) in [4.78, 5) is 8.95. The van der Waals surface area contributed by atoms with Crippen molar-refractivity contribution in [1.82, 2.24) is 23.7 Å². The zero-order valence-electron chi connectivity index (χ0n) is 40.8. The molecular weight excluding hydrogens is 637 g/mol. The number of fused-ring (bicyclic) bond motifs is 4. The van der Waals surface area contributed by atoms with Crippen molar-refractivity contribution in [2.24, 2.45) is 0 Å². The lowest BCUT2D eigenvalue weighted by Crippen LogP contribution is -2.16. The summed E-state index contributed by atoms with van der Waals surface area (Å²) in [6.45, 7) is -5.35. The maximum Gasteiger partial charge on any atom is 0.503 e. The van der Waals surface area contributed by atoms with Crippen LogP contribution in [0, 0.1) is 0 Å². The van der Waals surface area contributed by atoms with Crippen LogP contribution in [0.4, 0.5) is 31.5 Å². The zero-order valence-corrected chi connectivity index (χ0v) is 27.8. The van der Waals surface area contributed by atoms with Gasteiger partial charge in [-0.15, -0.1) is 0 Å². The Balaban J connectivity index is 1.29. The first-order valence-corrected chi connectivity index (χ1v) is 16.1. The second-order valence-electron chi connectivity index (χ2n) is 13.5. The summed E-state index contributed by atoms with van der Waals surface area (Å²) in [6, 6.07) is 20.6. The standard InChI is InChI=1S/C44H39F2N5/c1-42(2,3)29-14-17-33(18-15-29)49-28-50(38-13-8-7-12-37(38)49)34-11-9-10-31(24-34)44(45,46)32-16-19-35-36-21-22-47-27-40(36)51(39(35)25-32)41-26-30(20-23-48-41)43(4,5)6/h7-27H,1-6H3/q+2/i1D3,2D3,3D3,14D,15D,17D,18D. The van der Waals surface area contributed by atoms with Crippen LogP contribution in [0.5, 0.6) is 0 Å². The molecule has 7 aromatic rings. The van der Waals surface area contributed by atoms with Crippen molar-refractivity contribution < 1.29 is 26.6 Å². The maximum absolute atomic E-state index is 17.0. The highest BCUT2D eigenvalue weighted by Gasteiger charge is 2.39. The predicted octanol–water partition coefficient (Wildman–Crippen LogP) is 11.2. The van der Waals surface area contributed by atoms with Gasteiger partial charge in [0.25, 0.3) is 17.3 Å². The van der Waals surface area contributed by atoms with Crippen LogP contribution in [0.25, 0.3) is 27.6 Å². The Morgan fingerprint density at radius 3 is 2.10 bits per heavy atom. The van der Waals surface area contributed by atoms with E-state index in [9.17, 15) is 0 Å². The minimum absolute atomic E-state index is 0.162. The van der Waals surface area contributed by atoms with E-state index in [1.807, 2.05) is 22.8 Å². The summed E-state index contributed by atoms with van der Waals surface area (Å²) in [5.74, 6) is -3.04. The van der Waals surface area contributed by atoms with E-state index in [-0.39, 0.29) is 22.4 Å². The highest BCUT2D eigenvalue weighted by atomic mass is 19.3. The normalized spacial score (nSPS) is 17.9. The number of rotatable bonds is 5. The third-order valence-corrected chi connectivity index (χ3v) is 9.01. The fourth-order valence-electron chi connectivity index (χ4n) is 6.35. The SMILES string of the molecule is [2H]c1c([2H])c(C(C([2H])([2H])[2H])(C([2H])([2H])[2H])C([2H])([2H])[2H])c([2H])c([2H])c1[N+]1=C=[N+](c2cccc(C(F)(F)c3ccc4c5ccncc5n(-c5cc(C(C)(C)C)ccn5)c4c3)c2)c2ccccc21. The average Bonchev–Trinajstić information content (AvgIpc) is 3.76. The highest BCUT2D eigenvalue weighted by molar-refractivity contribution is 6.09. The Bertz CT molecular complexity index is 3070. The molecule has 0 atom stereocenters. The number of benzene rings is 4. The molecule has 0 fully saturated rings. The summed E-state index contributed by atoms with van der Waals surface area (Å²) in [5.41, 5.74) is -3.73. The first-order valence-electron chi connectivity index (χ1n) is 22.6. The highest BCUT2D eigenvalue weighted by Crippen LogP contribution is 2.42. The molecule has 1 aliphatic rings. The van der Waals surface area contributed by atoms with Crippen molar-refractivity contribution in [3.63, 3.8) is 0 Å². The molecule has 1 aliphatic heterocycles. The second kappa shape index (κ2) is 11.6. The Morgan fingerprint density at radius 1 is 0.667 bits per heavy atom. The van der Waals surface area contributed by atoms with E-state index in [4.69, 9.17) is 17.8 Å². The van der Waals surface area contributed by atoms with Crippen LogP contribution in [-0.2, 0) is 16.8 Å². The van der Waals surface area contributed by atoms with Gasteiger partial charge in [0.2, 0.25) is 11.4 Å². The molecule has 0 unspecified atom stereocenters. The zero-order chi connectivity index (χ0) is 46.7. The summed E-state index contributed by atoms with van der Waals surface area (Å²) in [6.07, 6.45) is 5.00. The van der Waals surface area contributed by atoms with Crippen LogP contribution in [-0.4, -0.2) is 20.5 Å². The molecule has 51 heavy (non-hydrogen) atoms. The molecule has 0 saturated carbocycles. The molecule has 252 valence electrons. The van der Waals surface area contributed by atoms with E-state index < -0.39 is 72.9 Å². The predicted molar refractivity (Wildman–Crippen MR) is 204 cm³/mol. The Kier molecular flexibility index (Phi) is 4.75. The first-order chi connectivity index (χ1) is 29.7. The number of hydrogen-bond acceptors (Lipinski definition) is 2. The molecule has 4 heterocycles. The van der Waals surface area contributed by atoms with Crippen molar-refractivity contribution in [2.75, 3.05) is 0 Å². The molecule has 0 N–H and O–H groups in total. The maximum atomic E-state index is 17.0. The van der Waals surface area contributed by atoms with Crippen molar-refractivity contribution >= 4 is 50.6 Å². The third kappa shape index (κ3) is 5.55. The minimum atomic E-state index is -3.85. The molecule has 0 radical (unpaired) electrons. The third-order valence-electron chi connectivity index (χ3n) is 9.01. The number of aromatic nitrogens is 3. The molecule has 0 aliphatic carbocycles. The monoisotopic (exact) mass is 688 g/mol. The van der Waals surface area contributed by atoms with Gasteiger partial charge >= 0.3 is 6.01 Å². The summed E-state index contributed by atoms with van der Waals surface area (Å²) in [7, 11) is 0. The van der Waals surface area contributed by atoms with E-state index >= 15 is 8.78 Å². The smallest absolute Gasteiger partial charge is 0.292 e. The van der Waals surface area contributed by atoms with E-state index in [0.717, 1.165) is 20.9 Å². The van der Waals surface area contributed by atoms with E-state index in [1.54, 1.807) is 42.9 Å². The average molecular weight is 689 g/mol. The van der Waals surface area contributed by atoms with E-state index in [1.165, 1.54) is 47.0 Å². The van der Waals surface area contributed by atoms with Gasteiger partial charge in [-0.2, -0.15) is 8.78 Å². The van der Waals surface area contributed by atoms with Gasteiger partial charge in [-0.1, -0.05) is 89.8 Å². The van der Waals surface area contributed by atoms with Crippen molar-refractivity contribution in [3.8, 4) is 5.82 Å². The van der Waals surface area contributed by atoms with Gasteiger partial charge in [0.15, 0.2) is 0 Å². The van der Waals surface area contributed by atoms with Gasteiger partial charge in [0.05, 0.1) is 22.7 Å². The number of hydrogen-bond donors (Lipinski definition) is 0. The Morgan fingerprint density at radius 2 is 1.37 bits per heavy atom. The van der Waals surface area contributed by atoms with E-state index in [0.29, 0.717) is 22.5 Å². The number of nitrogens with zero attached hydrogens (tertiary/aromatic N) is 5. The molecule has 0 saturated heterocycles. The number of halogens is 2. The van der Waals surface area contributed by atoms with Gasteiger partial charge < -0.3 is 0 Å². The Labute approximate surface area is 314 Å². The van der Waals surface area contributed by atoms with Gasteiger partial charge in [-0.05, 0) is 55.4 Å². The molecule has 0 spiro atoms. The van der Waals surface area contributed by atoms with Crippen LogP contribution in [0.2, 0.25) is 0 Å². The lowest BCUT2D eigenvalue weighted by molar-refractivity contribution is 0.0430. The summed E-state index contributed by atoms with van der Waals surface area (Å²) < 4.78 is 147. The van der Waals surface area contributed by atoms with Crippen LogP contribution < -0.4 is 9.15 Å². The van der Waals surface area contributed by atoms with E-state index in [2.05, 4.69) is 36.7 Å². The van der Waals surface area contributed by atoms with Gasteiger partial charge in [-0.25, -0.2) is 4.98 Å². The van der Waals surface area contributed by atoms with Crippen LogP contribution in [0.3, 0.4) is 0 Å². The van der Waals surface area contributed by atoms with Crippen molar-refractivity contribution in [2.45, 2.75) is 58.1 Å². The van der Waals surface area contributed by atoms with Crippen LogP contribution >= 0.6 is 0 Å². The second-order valence-corrected chi connectivity index (χ2v) is 13.5. The molecule has 7 heteroatoms. The number of pyridine rings is 2. The molecule has 5 nitrogen and oxygen atoms in total. The molecule has 0 amide bonds. The number of alkyl halides is 2. The van der Waals surface area contributed by atoms with Crippen molar-refractivity contribution in [1.29, 1.82) is 0 Å². The van der Waals surface area contributed by atoms with Gasteiger partial charge in [0, 0.05) is 83.0 Å². The summed E-state index contributed by atoms with van der Waals surface area (Å²) in [5, 5.41) is 1.52. The lowest BCUT2D eigenvalue weighted by Gasteiger charge is -2.20.